The Balaban J connectivity index is 5.93. The molecule has 0 aromatic rings. The predicted molar refractivity (Wildman–Crippen MR) is 93.5 cm³/mol. The molecule has 44 heavy (non-hydrogen) atoms. The van der Waals surface area contributed by atoms with E-state index in [1.807, 2.05) is 0 Å². The largest absolute Gasteiger partial charge is 0.459 e. The van der Waals surface area contributed by atoms with E-state index in [4.69, 9.17) is 4.55 Å². The molecule has 262 valence electrons. The molecule has 0 fully saturated rings. The van der Waals surface area contributed by atoms with E-state index in [0.29, 0.717) is 0 Å². The Labute approximate surface area is 228 Å². The topological polar surface area (TPSA) is 107 Å². The van der Waals surface area contributed by atoms with Crippen LogP contribution in [0.4, 0.5) is 87.8 Å². The molecule has 0 aliphatic rings. The zero-order valence-corrected chi connectivity index (χ0v) is 20.5. The summed E-state index contributed by atoms with van der Waals surface area (Å²) in [5.74, 6) is -64.8. The van der Waals surface area contributed by atoms with Gasteiger partial charge in [0.15, 0.2) is 18.5 Å². The molecule has 1 N–H and O–H groups in total. The molecule has 28 heteroatoms. The molecule has 7 nitrogen and oxygen atoms in total. The van der Waals surface area contributed by atoms with Gasteiger partial charge in [-0.1, -0.05) is 0 Å². The molecule has 0 amide bonds. The minimum Gasteiger partial charge on any atom is -0.459 e. The zero-order chi connectivity index (χ0) is 35.9. The first-order valence-corrected chi connectivity index (χ1v) is 11.4. The number of ether oxygens (including phenoxy) is 2. The summed E-state index contributed by atoms with van der Waals surface area (Å²) < 4.78 is 297. The maximum Gasteiger partial charge on any atom is 0.384 e. The highest BCUT2D eigenvalue weighted by Crippen LogP contribution is 2.58. The van der Waals surface area contributed by atoms with E-state index in [1.54, 1.807) is 0 Å². The first kappa shape index (κ1) is 41.4. The summed E-state index contributed by atoms with van der Waals surface area (Å²) in [7, 11) is -6.34. The standard InChI is InChI=1S/C16H10F20O7S/c17-7(18)11(25,26)13(29,30)9(21,22)3-43-6(38)4(44(39,40)41)1-5(37)42-2-10(23,24)14(31,32)16(35,36)15(33,34)12(27,28)8(19)20/h4,7-8H,1-3H2,(H,39,40,41). The van der Waals surface area contributed by atoms with Gasteiger partial charge in [-0.15, -0.1) is 0 Å². The van der Waals surface area contributed by atoms with Crippen LogP contribution in [-0.4, -0.2) is 104 Å². The summed E-state index contributed by atoms with van der Waals surface area (Å²) in [6, 6.07) is 0. The van der Waals surface area contributed by atoms with Crippen molar-refractivity contribution in [3.05, 3.63) is 0 Å². The van der Waals surface area contributed by atoms with Crippen LogP contribution in [0.3, 0.4) is 0 Å². The van der Waals surface area contributed by atoms with Crippen LogP contribution in [0.15, 0.2) is 0 Å². The monoisotopic (exact) mass is 726 g/mol. The average Bonchev–Trinajstić information content (AvgIpc) is 2.82. The SMILES string of the molecule is O=C(CC(C(=O)OCC(F)(F)C(F)(F)C(F)(F)C(F)F)S(=O)(=O)O)OCC(F)(F)C(F)(F)C(F)(F)C(F)(F)C(F)(F)C(F)F. The van der Waals surface area contributed by atoms with E-state index in [9.17, 15) is 106 Å². The number of carbonyl (C=O) groups excluding carboxylic acids is 2. The van der Waals surface area contributed by atoms with Crippen LogP contribution in [-0.2, 0) is 29.2 Å². The molecule has 0 radical (unpaired) electrons. The van der Waals surface area contributed by atoms with E-state index in [0.717, 1.165) is 0 Å². The Morgan fingerprint density at radius 2 is 0.909 bits per heavy atom. The van der Waals surface area contributed by atoms with Crippen molar-refractivity contribution >= 4 is 22.1 Å². The highest BCUT2D eigenvalue weighted by molar-refractivity contribution is 7.87. The molecule has 0 aliphatic carbocycles. The lowest BCUT2D eigenvalue weighted by Gasteiger charge is -2.38. The molecule has 0 rings (SSSR count). The van der Waals surface area contributed by atoms with E-state index < -0.39 is 107 Å². The molecule has 0 aromatic heterocycles. The highest BCUT2D eigenvalue weighted by atomic mass is 32.2. The predicted octanol–water partition coefficient (Wildman–Crippen LogP) is 5.33. The fraction of sp³-hybridized carbons (Fsp3) is 0.875. The first-order valence-electron chi connectivity index (χ1n) is 9.88. The Morgan fingerprint density at radius 1 is 0.568 bits per heavy atom. The maximum atomic E-state index is 13.6. The third kappa shape index (κ3) is 7.29. The van der Waals surface area contributed by atoms with Crippen molar-refractivity contribution in [1.82, 2.24) is 0 Å². The minimum absolute atomic E-state index is 2.66. The highest BCUT2D eigenvalue weighted by Gasteiger charge is 2.88. The van der Waals surface area contributed by atoms with Crippen LogP contribution in [0.1, 0.15) is 6.42 Å². The van der Waals surface area contributed by atoms with Gasteiger partial charge in [0, 0.05) is 0 Å². The lowest BCUT2D eigenvalue weighted by Crippen LogP contribution is -2.69. The van der Waals surface area contributed by atoms with Crippen molar-refractivity contribution < 1.29 is 120 Å². The summed E-state index contributed by atoms with van der Waals surface area (Å²) in [5.41, 5.74) is 0. The average molecular weight is 726 g/mol. The normalized spacial score (nSPS) is 15.9. The molecule has 1 unspecified atom stereocenters. The number of hydrogen-bond acceptors (Lipinski definition) is 6. The van der Waals surface area contributed by atoms with Gasteiger partial charge < -0.3 is 9.47 Å². The molecular formula is C16H10F20O7S. The van der Waals surface area contributed by atoms with Crippen molar-refractivity contribution in [2.45, 2.75) is 71.9 Å². The molecule has 0 heterocycles. The molecule has 0 aliphatic heterocycles. The van der Waals surface area contributed by atoms with Gasteiger partial charge in [0.05, 0.1) is 6.42 Å². The van der Waals surface area contributed by atoms with Gasteiger partial charge >= 0.3 is 72.2 Å². The zero-order valence-electron chi connectivity index (χ0n) is 19.7. The van der Waals surface area contributed by atoms with E-state index in [-0.39, 0.29) is 0 Å². The fourth-order valence-corrected chi connectivity index (χ4v) is 2.94. The van der Waals surface area contributed by atoms with Crippen LogP contribution >= 0.6 is 0 Å². The van der Waals surface area contributed by atoms with Crippen LogP contribution in [0.25, 0.3) is 0 Å². The van der Waals surface area contributed by atoms with E-state index in [1.165, 1.54) is 0 Å². The van der Waals surface area contributed by atoms with E-state index in [2.05, 4.69) is 9.47 Å². The third-order valence-electron chi connectivity index (χ3n) is 4.88. The number of carbonyl (C=O) groups is 2. The van der Waals surface area contributed by atoms with Crippen LogP contribution in [0, 0.1) is 0 Å². The fourth-order valence-electron chi connectivity index (χ4n) is 2.28. The summed E-state index contributed by atoms with van der Waals surface area (Å²) >= 11 is 0. The second kappa shape index (κ2) is 12.3. The van der Waals surface area contributed by atoms with Crippen LogP contribution < -0.4 is 0 Å². The third-order valence-corrected chi connectivity index (χ3v) is 5.96. The molecule has 0 spiro atoms. The molecule has 0 aromatic carbocycles. The summed E-state index contributed by atoms with van der Waals surface area (Å²) in [4.78, 5) is 23.0. The van der Waals surface area contributed by atoms with Gasteiger partial charge in [-0.3, -0.25) is 14.1 Å². The Bertz CT molecular complexity index is 1150. The number of alkyl halides is 20. The minimum atomic E-state index is -8.11. The van der Waals surface area contributed by atoms with Crippen molar-refractivity contribution in [3.63, 3.8) is 0 Å². The quantitative estimate of drug-likeness (QED) is 0.130. The molecule has 0 saturated heterocycles. The van der Waals surface area contributed by atoms with Crippen LogP contribution in [0.5, 0.6) is 0 Å². The van der Waals surface area contributed by atoms with Gasteiger partial charge in [-0.05, 0) is 0 Å². The first-order chi connectivity index (χ1) is 19.0. The van der Waals surface area contributed by atoms with Crippen molar-refractivity contribution in [2.24, 2.45) is 0 Å². The maximum absolute atomic E-state index is 13.6. The molecular weight excluding hydrogens is 716 g/mol. The summed E-state index contributed by atoms with van der Waals surface area (Å²) in [5, 5.41) is -3.86. The Morgan fingerprint density at radius 3 is 1.27 bits per heavy atom. The smallest absolute Gasteiger partial charge is 0.384 e. The molecule has 1 atom stereocenters. The van der Waals surface area contributed by atoms with Crippen LogP contribution in [0.2, 0.25) is 0 Å². The summed E-state index contributed by atoms with van der Waals surface area (Å²) in [6.07, 6.45) is -14.0. The van der Waals surface area contributed by atoms with Crippen molar-refractivity contribution in [2.75, 3.05) is 13.2 Å². The number of hydrogen-bond donors (Lipinski definition) is 1. The van der Waals surface area contributed by atoms with Gasteiger partial charge in [0.25, 0.3) is 10.1 Å². The molecule has 0 bridgehead atoms. The van der Waals surface area contributed by atoms with Gasteiger partial charge in [-0.2, -0.15) is 78.7 Å². The second-order valence-corrected chi connectivity index (χ2v) is 9.63. The Kier molecular flexibility index (Phi) is 11.6. The number of esters is 2. The van der Waals surface area contributed by atoms with Gasteiger partial charge in [-0.25, -0.2) is 17.6 Å². The number of rotatable bonds is 16. The molecule has 0 saturated carbocycles. The lowest BCUT2D eigenvalue weighted by molar-refractivity contribution is -0.414. The lowest BCUT2D eigenvalue weighted by atomic mass is 9.94. The Hall–Kier alpha value is -2.55. The van der Waals surface area contributed by atoms with E-state index >= 15 is 0 Å². The second-order valence-electron chi connectivity index (χ2n) is 8.03. The van der Waals surface area contributed by atoms with Crippen molar-refractivity contribution in [3.8, 4) is 0 Å². The van der Waals surface area contributed by atoms with Gasteiger partial charge in [0.2, 0.25) is 0 Å². The number of halogens is 20. The van der Waals surface area contributed by atoms with Crippen molar-refractivity contribution in [1.29, 1.82) is 0 Å². The van der Waals surface area contributed by atoms with Gasteiger partial charge in [0.1, 0.15) is 0 Å². The summed E-state index contributed by atoms with van der Waals surface area (Å²) in [6.45, 7) is -7.15.